The molecule has 0 spiro atoms. The maximum absolute atomic E-state index is 12.8. The molecule has 0 radical (unpaired) electrons. The molecular formula is C29H29Cl2F3O2S. The summed E-state index contributed by atoms with van der Waals surface area (Å²) in [6.45, 7) is 1.50. The lowest BCUT2D eigenvalue weighted by Crippen LogP contribution is -2.21. The van der Waals surface area contributed by atoms with E-state index in [-0.39, 0.29) is 11.4 Å². The predicted molar refractivity (Wildman–Crippen MR) is 144 cm³/mol. The topological polar surface area (TPSA) is 18.5 Å². The van der Waals surface area contributed by atoms with E-state index in [1.807, 2.05) is 36.4 Å². The lowest BCUT2D eigenvalue weighted by Gasteiger charge is -2.29. The monoisotopic (exact) mass is 568 g/mol. The van der Waals surface area contributed by atoms with Gasteiger partial charge in [-0.25, -0.2) is 0 Å². The molecule has 2 heterocycles. The van der Waals surface area contributed by atoms with Gasteiger partial charge in [0.2, 0.25) is 0 Å². The van der Waals surface area contributed by atoms with Crippen molar-refractivity contribution >= 4 is 35.0 Å². The van der Waals surface area contributed by atoms with E-state index in [2.05, 4.69) is 12.1 Å². The van der Waals surface area contributed by atoms with Crippen LogP contribution in [-0.2, 0) is 15.7 Å². The molecule has 2 aliphatic rings. The van der Waals surface area contributed by atoms with Gasteiger partial charge in [-0.15, -0.1) is 11.8 Å². The number of ether oxygens (including phenoxy) is 2. The highest BCUT2D eigenvalue weighted by Crippen LogP contribution is 2.39. The van der Waals surface area contributed by atoms with Crippen molar-refractivity contribution in [3.8, 4) is 0 Å². The molecule has 5 rings (SSSR count). The van der Waals surface area contributed by atoms with E-state index in [4.69, 9.17) is 32.7 Å². The summed E-state index contributed by atoms with van der Waals surface area (Å²) >= 11 is 13.2. The van der Waals surface area contributed by atoms with E-state index in [0.717, 1.165) is 42.5 Å². The third-order valence-electron chi connectivity index (χ3n) is 6.36. The molecule has 2 aliphatic heterocycles. The van der Waals surface area contributed by atoms with E-state index in [1.54, 1.807) is 6.07 Å². The van der Waals surface area contributed by atoms with Gasteiger partial charge in [-0.3, -0.25) is 0 Å². The summed E-state index contributed by atoms with van der Waals surface area (Å²) in [5.74, 6) is 0. The molecule has 0 aliphatic carbocycles. The van der Waals surface area contributed by atoms with Crippen LogP contribution in [0.1, 0.15) is 61.0 Å². The molecule has 198 valence electrons. The van der Waals surface area contributed by atoms with Crippen LogP contribution in [0.25, 0.3) is 0 Å². The van der Waals surface area contributed by atoms with Crippen molar-refractivity contribution in [2.45, 2.75) is 60.6 Å². The Morgan fingerprint density at radius 3 is 1.95 bits per heavy atom. The number of hydrogen-bond acceptors (Lipinski definition) is 3. The zero-order chi connectivity index (χ0) is 26.3. The number of hydrogen-bond donors (Lipinski definition) is 0. The lowest BCUT2D eigenvalue weighted by molar-refractivity contribution is -0.137. The molecule has 0 aromatic heterocycles. The van der Waals surface area contributed by atoms with E-state index in [1.165, 1.54) is 42.3 Å². The van der Waals surface area contributed by atoms with Crippen molar-refractivity contribution in [3.05, 3.63) is 99.5 Å². The number of halogens is 5. The van der Waals surface area contributed by atoms with Crippen LogP contribution in [0, 0.1) is 0 Å². The standard InChI is InChI=1S/C18H16ClF3OS.C11H13ClO/c19-14-6-4-12(5-7-14)17-11-16(8-9-23-17)24-15-3-1-2-13(10-15)18(20,21)22;12-10-6-4-9(5-7-10)11-3-1-2-8-13-11/h1-7,10,16-17H,8-9,11H2;4-7,11H,1-3,8H2. The van der Waals surface area contributed by atoms with Gasteiger partial charge in [0.05, 0.1) is 17.8 Å². The molecule has 2 saturated heterocycles. The Morgan fingerprint density at radius 1 is 0.730 bits per heavy atom. The number of thioether (sulfide) groups is 1. The second-order valence-corrected chi connectivity index (χ2v) is 11.4. The van der Waals surface area contributed by atoms with Gasteiger partial charge in [0, 0.05) is 33.4 Å². The molecule has 0 N–H and O–H groups in total. The lowest BCUT2D eigenvalue weighted by atomic mass is 10.0. The van der Waals surface area contributed by atoms with Gasteiger partial charge in [0.25, 0.3) is 0 Å². The van der Waals surface area contributed by atoms with Crippen molar-refractivity contribution in [3.63, 3.8) is 0 Å². The zero-order valence-electron chi connectivity index (χ0n) is 20.2. The molecule has 2 nitrogen and oxygen atoms in total. The minimum absolute atomic E-state index is 0.0423. The van der Waals surface area contributed by atoms with Crippen LogP contribution in [-0.4, -0.2) is 18.5 Å². The minimum atomic E-state index is -4.31. The predicted octanol–water partition coefficient (Wildman–Crippen LogP) is 9.95. The average molecular weight is 570 g/mol. The van der Waals surface area contributed by atoms with Crippen LogP contribution in [0.4, 0.5) is 13.2 Å². The SMILES string of the molecule is Clc1ccc(C2CCCCO2)cc1.FC(F)(F)c1cccc(SC2CCOC(c3ccc(Cl)cc3)C2)c1. The normalized spacial score (nSPS) is 22.1. The molecule has 37 heavy (non-hydrogen) atoms. The quantitative estimate of drug-likeness (QED) is 0.312. The van der Waals surface area contributed by atoms with E-state index >= 15 is 0 Å². The number of rotatable bonds is 4. The Bertz CT molecular complexity index is 1120. The summed E-state index contributed by atoms with van der Waals surface area (Å²) in [6.07, 6.45) is 1.15. The molecular weight excluding hydrogens is 540 g/mol. The smallest absolute Gasteiger partial charge is 0.374 e. The van der Waals surface area contributed by atoms with Crippen molar-refractivity contribution in [2.75, 3.05) is 13.2 Å². The minimum Gasteiger partial charge on any atom is -0.374 e. The molecule has 0 bridgehead atoms. The molecule has 0 amide bonds. The zero-order valence-corrected chi connectivity index (χ0v) is 22.6. The van der Waals surface area contributed by atoms with E-state index in [0.29, 0.717) is 22.6 Å². The maximum atomic E-state index is 12.8. The third-order valence-corrected chi connectivity index (χ3v) is 8.15. The second kappa shape index (κ2) is 13.4. The highest BCUT2D eigenvalue weighted by atomic mass is 35.5. The third kappa shape index (κ3) is 8.66. The van der Waals surface area contributed by atoms with Gasteiger partial charge in [0.15, 0.2) is 0 Å². The van der Waals surface area contributed by atoms with Crippen molar-refractivity contribution in [1.29, 1.82) is 0 Å². The Kier molecular flexibility index (Phi) is 10.2. The fraction of sp³-hybridized carbons (Fsp3) is 0.379. The molecule has 3 unspecified atom stereocenters. The van der Waals surface area contributed by atoms with Crippen molar-refractivity contribution in [1.82, 2.24) is 0 Å². The number of benzene rings is 3. The van der Waals surface area contributed by atoms with Crippen LogP contribution in [0.5, 0.6) is 0 Å². The molecule has 3 aromatic carbocycles. The molecule has 3 atom stereocenters. The highest BCUT2D eigenvalue weighted by molar-refractivity contribution is 8.00. The summed E-state index contributed by atoms with van der Waals surface area (Å²) in [7, 11) is 0. The molecule has 3 aromatic rings. The van der Waals surface area contributed by atoms with Crippen LogP contribution in [0.3, 0.4) is 0 Å². The van der Waals surface area contributed by atoms with Crippen LogP contribution in [0.15, 0.2) is 77.7 Å². The van der Waals surface area contributed by atoms with E-state index in [9.17, 15) is 13.2 Å². The van der Waals surface area contributed by atoms with Crippen LogP contribution in [0.2, 0.25) is 10.0 Å². The second-order valence-electron chi connectivity index (χ2n) is 9.11. The first-order chi connectivity index (χ1) is 17.8. The van der Waals surface area contributed by atoms with Gasteiger partial charge in [-0.2, -0.15) is 13.2 Å². The summed E-state index contributed by atoms with van der Waals surface area (Å²) < 4.78 is 49.9. The van der Waals surface area contributed by atoms with Crippen molar-refractivity contribution in [2.24, 2.45) is 0 Å². The highest BCUT2D eigenvalue weighted by Gasteiger charge is 2.31. The largest absolute Gasteiger partial charge is 0.416 e. The first kappa shape index (κ1) is 28.3. The summed E-state index contributed by atoms with van der Waals surface area (Å²) in [5.41, 5.74) is 1.70. The first-order valence-electron chi connectivity index (χ1n) is 12.4. The Morgan fingerprint density at radius 2 is 1.35 bits per heavy atom. The van der Waals surface area contributed by atoms with Gasteiger partial charge < -0.3 is 9.47 Å². The Hall–Kier alpha value is -1.70. The van der Waals surface area contributed by atoms with Gasteiger partial charge >= 0.3 is 6.18 Å². The van der Waals surface area contributed by atoms with Gasteiger partial charge in [-0.1, -0.05) is 53.5 Å². The van der Waals surface area contributed by atoms with Crippen LogP contribution >= 0.6 is 35.0 Å². The first-order valence-corrected chi connectivity index (χ1v) is 14.0. The van der Waals surface area contributed by atoms with E-state index < -0.39 is 11.7 Å². The van der Waals surface area contributed by atoms with Crippen molar-refractivity contribution < 1.29 is 22.6 Å². The molecule has 0 saturated carbocycles. The van der Waals surface area contributed by atoms with Gasteiger partial charge in [0.1, 0.15) is 0 Å². The molecule has 8 heteroatoms. The maximum Gasteiger partial charge on any atom is 0.416 e. The summed E-state index contributed by atoms with van der Waals surface area (Å²) in [5, 5.41) is 1.69. The summed E-state index contributed by atoms with van der Waals surface area (Å²) in [4.78, 5) is 0.645. The average Bonchev–Trinajstić information content (AvgIpc) is 2.90. The summed E-state index contributed by atoms with van der Waals surface area (Å²) in [6, 6.07) is 21.0. The van der Waals surface area contributed by atoms with Crippen LogP contribution < -0.4 is 0 Å². The van der Waals surface area contributed by atoms with Gasteiger partial charge in [-0.05, 0) is 85.7 Å². The fourth-order valence-corrected chi connectivity index (χ4v) is 5.88. The fourth-order valence-electron chi connectivity index (χ4n) is 4.40. The Labute approximate surface area is 230 Å². The molecule has 2 fully saturated rings. The Balaban J connectivity index is 0.000000207. The number of alkyl halides is 3.